The van der Waals surface area contributed by atoms with Crippen molar-refractivity contribution >= 4 is 17.7 Å². The second-order valence-corrected chi connectivity index (χ2v) is 3.85. The average molecular weight is 213 g/mol. The number of carbonyl (C=O) groups excluding carboxylic acids is 1. The summed E-state index contributed by atoms with van der Waals surface area (Å²) in [5.74, 6) is 0.497. The van der Waals surface area contributed by atoms with Crippen LogP contribution in [0.3, 0.4) is 0 Å². The molecule has 0 aliphatic carbocycles. The van der Waals surface area contributed by atoms with Crippen molar-refractivity contribution in [1.29, 1.82) is 0 Å². The van der Waals surface area contributed by atoms with Crippen LogP contribution in [0.5, 0.6) is 0 Å². The van der Waals surface area contributed by atoms with Gasteiger partial charge in [0.2, 0.25) is 5.91 Å². The van der Waals surface area contributed by atoms with Crippen molar-refractivity contribution in [2.75, 3.05) is 12.3 Å². The van der Waals surface area contributed by atoms with Gasteiger partial charge in [0.05, 0.1) is 5.75 Å². The van der Waals surface area contributed by atoms with Crippen molar-refractivity contribution < 1.29 is 4.79 Å². The van der Waals surface area contributed by atoms with E-state index < -0.39 is 0 Å². The normalized spacial score (nSPS) is 10.1. The Morgan fingerprint density at radius 3 is 3.21 bits per heavy atom. The van der Waals surface area contributed by atoms with Crippen LogP contribution in [0, 0.1) is 0 Å². The van der Waals surface area contributed by atoms with Gasteiger partial charge in [0.1, 0.15) is 0 Å². The number of nitrogens with one attached hydrogen (secondary N) is 2. The first-order valence-electron chi connectivity index (χ1n) is 4.71. The average Bonchev–Trinajstić information content (AvgIpc) is 2.68. The van der Waals surface area contributed by atoms with Crippen LogP contribution in [0.2, 0.25) is 0 Å². The first kappa shape index (κ1) is 11.1. The number of hydrogen-bond acceptors (Lipinski definition) is 3. The maximum absolute atomic E-state index is 11.2. The van der Waals surface area contributed by atoms with E-state index in [9.17, 15) is 4.79 Å². The highest BCUT2D eigenvalue weighted by Crippen LogP contribution is 2.10. The molecule has 0 spiro atoms. The van der Waals surface area contributed by atoms with E-state index in [4.69, 9.17) is 0 Å². The fourth-order valence-electron chi connectivity index (χ4n) is 0.919. The topological polar surface area (TPSA) is 57.8 Å². The number of hydrogen-bond donors (Lipinski definition) is 2. The summed E-state index contributed by atoms with van der Waals surface area (Å²) in [6.07, 6.45) is 5.57. The highest BCUT2D eigenvalue weighted by atomic mass is 32.2. The molecule has 1 amide bonds. The van der Waals surface area contributed by atoms with Crippen molar-refractivity contribution in [1.82, 2.24) is 15.3 Å². The molecule has 0 radical (unpaired) electrons. The molecular formula is C9H15N3OS. The molecule has 0 saturated heterocycles. The lowest BCUT2D eigenvalue weighted by atomic mass is 10.3. The Kier molecular flexibility index (Phi) is 5.14. The lowest BCUT2D eigenvalue weighted by molar-refractivity contribution is -0.118. The predicted octanol–water partition coefficient (Wildman–Crippen LogP) is 1.42. The molecule has 1 aromatic rings. The molecule has 1 heterocycles. The molecule has 0 aromatic carbocycles. The Morgan fingerprint density at radius 1 is 1.71 bits per heavy atom. The minimum Gasteiger partial charge on any atom is -0.355 e. The minimum atomic E-state index is 0.0693. The summed E-state index contributed by atoms with van der Waals surface area (Å²) in [7, 11) is 0. The number of nitrogens with zero attached hydrogens (tertiary/aromatic N) is 1. The molecule has 4 nitrogen and oxygen atoms in total. The number of aromatic nitrogens is 2. The van der Waals surface area contributed by atoms with Crippen LogP contribution in [0.4, 0.5) is 0 Å². The Labute approximate surface area is 87.9 Å². The van der Waals surface area contributed by atoms with E-state index in [-0.39, 0.29) is 5.91 Å². The number of unbranched alkanes of at least 4 members (excludes halogenated alkanes) is 1. The van der Waals surface area contributed by atoms with Gasteiger partial charge in [-0.25, -0.2) is 4.98 Å². The maximum Gasteiger partial charge on any atom is 0.230 e. The highest BCUT2D eigenvalue weighted by Gasteiger charge is 2.02. The highest BCUT2D eigenvalue weighted by molar-refractivity contribution is 7.99. The molecule has 0 saturated carbocycles. The third kappa shape index (κ3) is 4.32. The molecule has 0 unspecified atom stereocenters. The van der Waals surface area contributed by atoms with Crippen LogP contribution >= 0.6 is 11.8 Å². The molecule has 78 valence electrons. The van der Waals surface area contributed by atoms with Gasteiger partial charge in [0.25, 0.3) is 0 Å². The molecule has 0 fully saturated rings. The van der Waals surface area contributed by atoms with Crippen LogP contribution in [-0.4, -0.2) is 28.2 Å². The van der Waals surface area contributed by atoms with Gasteiger partial charge in [-0.05, 0) is 6.42 Å². The molecule has 1 aromatic heterocycles. The standard InChI is InChI=1S/C9H15N3OS/c1-2-3-4-10-8(13)7-14-9-11-5-6-12-9/h5-6H,2-4,7H2,1H3,(H,10,13)(H,11,12). The van der Waals surface area contributed by atoms with Crippen molar-refractivity contribution in [2.45, 2.75) is 24.9 Å². The zero-order valence-corrected chi connectivity index (χ0v) is 9.06. The smallest absolute Gasteiger partial charge is 0.230 e. The fourth-order valence-corrected chi connectivity index (χ4v) is 1.58. The van der Waals surface area contributed by atoms with Crippen LogP contribution < -0.4 is 5.32 Å². The van der Waals surface area contributed by atoms with Crippen molar-refractivity contribution in [2.24, 2.45) is 0 Å². The summed E-state index contributed by atoms with van der Waals surface area (Å²) in [5.41, 5.74) is 0. The maximum atomic E-state index is 11.2. The van der Waals surface area contributed by atoms with Crippen molar-refractivity contribution in [3.8, 4) is 0 Å². The molecule has 0 bridgehead atoms. The van der Waals surface area contributed by atoms with E-state index in [1.807, 2.05) is 0 Å². The number of carbonyl (C=O) groups is 1. The summed E-state index contributed by atoms with van der Waals surface area (Å²) in [4.78, 5) is 18.2. The summed E-state index contributed by atoms with van der Waals surface area (Å²) in [5, 5.41) is 3.63. The Balaban J connectivity index is 2.09. The van der Waals surface area contributed by atoms with Gasteiger partial charge in [0.15, 0.2) is 5.16 Å². The lowest BCUT2D eigenvalue weighted by Gasteiger charge is -2.02. The molecule has 1 rings (SSSR count). The number of aromatic amines is 1. The molecule has 14 heavy (non-hydrogen) atoms. The first-order valence-corrected chi connectivity index (χ1v) is 5.70. The van der Waals surface area contributed by atoms with Crippen LogP contribution in [0.1, 0.15) is 19.8 Å². The lowest BCUT2D eigenvalue weighted by Crippen LogP contribution is -2.26. The van der Waals surface area contributed by atoms with Gasteiger partial charge in [0, 0.05) is 18.9 Å². The van der Waals surface area contributed by atoms with Crippen LogP contribution in [0.25, 0.3) is 0 Å². The van der Waals surface area contributed by atoms with Gasteiger partial charge < -0.3 is 10.3 Å². The van der Waals surface area contributed by atoms with E-state index in [2.05, 4.69) is 22.2 Å². The molecular weight excluding hydrogens is 198 g/mol. The summed E-state index contributed by atoms with van der Waals surface area (Å²) < 4.78 is 0. The van der Waals surface area contributed by atoms with Gasteiger partial charge in [-0.3, -0.25) is 4.79 Å². The van der Waals surface area contributed by atoms with E-state index in [0.29, 0.717) is 5.75 Å². The fraction of sp³-hybridized carbons (Fsp3) is 0.556. The molecule has 0 aliphatic heterocycles. The zero-order chi connectivity index (χ0) is 10.2. The van der Waals surface area contributed by atoms with Crippen molar-refractivity contribution in [3.05, 3.63) is 12.4 Å². The van der Waals surface area contributed by atoms with Gasteiger partial charge in [-0.2, -0.15) is 0 Å². The Bertz CT molecular complexity index is 261. The predicted molar refractivity (Wildman–Crippen MR) is 57.2 cm³/mol. The number of amides is 1. The third-order valence-electron chi connectivity index (χ3n) is 1.67. The molecule has 0 atom stereocenters. The largest absolute Gasteiger partial charge is 0.355 e. The first-order chi connectivity index (χ1) is 6.83. The number of thioether (sulfide) groups is 1. The van der Waals surface area contributed by atoms with Gasteiger partial charge in [-0.1, -0.05) is 25.1 Å². The van der Waals surface area contributed by atoms with E-state index in [1.165, 1.54) is 11.8 Å². The second kappa shape index (κ2) is 6.48. The van der Waals surface area contributed by atoms with Gasteiger partial charge >= 0.3 is 0 Å². The molecule has 0 aliphatic rings. The van der Waals surface area contributed by atoms with Crippen molar-refractivity contribution in [3.63, 3.8) is 0 Å². The van der Waals surface area contributed by atoms with E-state index in [1.54, 1.807) is 12.4 Å². The Hall–Kier alpha value is -0.970. The molecule has 5 heteroatoms. The van der Waals surface area contributed by atoms with Crippen LogP contribution in [0.15, 0.2) is 17.6 Å². The second-order valence-electron chi connectivity index (χ2n) is 2.89. The summed E-state index contributed by atoms with van der Waals surface area (Å²) in [6, 6.07) is 0. The van der Waals surface area contributed by atoms with Crippen LogP contribution in [-0.2, 0) is 4.79 Å². The summed E-state index contributed by atoms with van der Waals surface area (Å²) in [6.45, 7) is 2.87. The molecule has 2 N–H and O–H groups in total. The van der Waals surface area contributed by atoms with E-state index in [0.717, 1.165) is 24.5 Å². The minimum absolute atomic E-state index is 0.0693. The SMILES string of the molecule is CCCCNC(=O)CSc1ncc[nH]1. The zero-order valence-electron chi connectivity index (χ0n) is 8.25. The number of imidazole rings is 1. The monoisotopic (exact) mass is 213 g/mol. The summed E-state index contributed by atoms with van der Waals surface area (Å²) >= 11 is 1.41. The Morgan fingerprint density at radius 2 is 2.57 bits per heavy atom. The number of H-pyrrole nitrogens is 1. The van der Waals surface area contributed by atoms with Gasteiger partial charge in [-0.15, -0.1) is 0 Å². The third-order valence-corrected chi connectivity index (χ3v) is 2.57. The van der Waals surface area contributed by atoms with E-state index >= 15 is 0 Å². The number of rotatable bonds is 6. The quantitative estimate of drug-likeness (QED) is 0.555.